The minimum Gasteiger partial charge on any atom is -0.459 e. The molecule has 1 aromatic carbocycles. The zero-order valence-corrected chi connectivity index (χ0v) is 15.8. The first kappa shape index (κ1) is 19.1. The molecule has 2 N–H and O–H groups in total. The molecule has 3 aromatic rings. The predicted octanol–water partition coefficient (Wildman–Crippen LogP) is 3.32. The molecule has 140 valence electrons. The van der Waals surface area contributed by atoms with Crippen molar-refractivity contribution in [2.24, 2.45) is 0 Å². The summed E-state index contributed by atoms with van der Waals surface area (Å²) >= 11 is 2.65. The van der Waals surface area contributed by atoms with E-state index in [2.05, 4.69) is 20.8 Å². The molecule has 1 atom stereocenters. The molecule has 27 heavy (non-hydrogen) atoms. The standard InChI is InChI=1S/C17H15FN4O3S2/c1-10(19-15(24)13-3-2-8-25-13)14(23)20-16-21-22-17(27-16)26-9-11-4-6-12(18)7-5-11/h2-8,10H,9H2,1H3,(H,19,24)(H,20,21,23)/t10-/m0/s1. The van der Waals surface area contributed by atoms with Gasteiger partial charge in [-0.2, -0.15) is 0 Å². The van der Waals surface area contributed by atoms with Gasteiger partial charge in [0.05, 0.1) is 6.26 Å². The van der Waals surface area contributed by atoms with Crippen LogP contribution in [0.3, 0.4) is 0 Å². The van der Waals surface area contributed by atoms with Gasteiger partial charge in [-0.25, -0.2) is 4.39 Å². The van der Waals surface area contributed by atoms with Gasteiger partial charge >= 0.3 is 0 Å². The number of furan rings is 1. The van der Waals surface area contributed by atoms with Crippen molar-refractivity contribution in [2.75, 3.05) is 5.32 Å². The van der Waals surface area contributed by atoms with Crippen molar-refractivity contribution >= 4 is 40.0 Å². The third kappa shape index (κ3) is 5.38. The Balaban J connectivity index is 1.49. The van der Waals surface area contributed by atoms with E-state index < -0.39 is 17.9 Å². The molecule has 0 aliphatic rings. The van der Waals surface area contributed by atoms with Gasteiger partial charge in [0.15, 0.2) is 10.1 Å². The molecule has 7 nitrogen and oxygen atoms in total. The number of nitrogens with zero attached hydrogens (tertiary/aromatic N) is 2. The second kappa shape index (κ2) is 8.78. The van der Waals surface area contributed by atoms with Gasteiger partial charge in [0.1, 0.15) is 11.9 Å². The van der Waals surface area contributed by atoms with Gasteiger partial charge < -0.3 is 9.73 Å². The highest BCUT2D eigenvalue weighted by Crippen LogP contribution is 2.28. The molecule has 0 radical (unpaired) electrons. The quantitative estimate of drug-likeness (QED) is 0.461. The van der Waals surface area contributed by atoms with Gasteiger partial charge in [-0.1, -0.05) is 35.2 Å². The third-order valence-electron chi connectivity index (χ3n) is 3.40. The number of anilines is 1. The largest absolute Gasteiger partial charge is 0.459 e. The summed E-state index contributed by atoms with van der Waals surface area (Å²) in [6, 6.07) is 8.54. The van der Waals surface area contributed by atoms with Crippen LogP contribution in [0.25, 0.3) is 0 Å². The number of carbonyl (C=O) groups excluding carboxylic acids is 2. The average Bonchev–Trinajstić information content (AvgIpc) is 3.33. The minimum absolute atomic E-state index is 0.130. The Morgan fingerprint density at radius 1 is 1.26 bits per heavy atom. The normalized spacial score (nSPS) is 11.8. The molecule has 0 spiro atoms. The molecule has 0 aliphatic heterocycles. The van der Waals surface area contributed by atoms with E-state index in [4.69, 9.17) is 4.42 Å². The first-order valence-electron chi connectivity index (χ1n) is 7.87. The van der Waals surface area contributed by atoms with E-state index in [9.17, 15) is 14.0 Å². The summed E-state index contributed by atoms with van der Waals surface area (Å²) in [7, 11) is 0. The lowest BCUT2D eigenvalue weighted by molar-refractivity contribution is -0.117. The molecule has 2 heterocycles. The summed E-state index contributed by atoms with van der Waals surface area (Å²) in [5.41, 5.74) is 0.955. The number of amides is 2. The van der Waals surface area contributed by atoms with E-state index in [1.807, 2.05) is 0 Å². The van der Waals surface area contributed by atoms with Crippen molar-refractivity contribution in [3.63, 3.8) is 0 Å². The third-order valence-corrected chi connectivity index (χ3v) is 5.44. The number of nitrogens with one attached hydrogen (secondary N) is 2. The van der Waals surface area contributed by atoms with Crippen LogP contribution in [0.4, 0.5) is 9.52 Å². The summed E-state index contributed by atoms with van der Waals surface area (Å²) in [5.74, 6) is -0.432. The van der Waals surface area contributed by atoms with Crippen molar-refractivity contribution in [3.8, 4) is 0 Å². The van der Waals surface area contributed by atoms with Gasteiger partial charge in [0.25, 0.3) is 5.91 Å². The van der Waals surface area contributed by atoms with Crippen molar-refractivity contribution in [1.82, 2.24) is 15.5 Å². The van der Waals surface area contributed by atoms with Crippen LogP contribution in [0.5, 0.6) is 0 Å². The highest BCUT2D eigenvalue weighted by atomic mass is 32.2. The van der Waals surface area contributed by atoms with E-state index >= 15 is 0 Å². The monoisotopic (exact) mass is 406 g/mol. The van der Waals surface area contributed by atoms with Gasteiger partial charge in [0.2, 0.25) is 11.0 Å². The highest BCUT2D eigenvalue weighted by molar-refractivity contribution is 8.00. The van der Waals surface area contributed by atoms with Crippen LogP contribution in [0, 0.1) is 5.82 Å². The fraction of sp³-hybridized carbons (Fsp3) is 0.176. The fourth-order valence-electron chi connectivity index (χ4n) is 2.00. The van der Waals surface area contributed by atoms with Gasteiger partial charge in [-0.05, 0) is 36.8 Å². The maximum absolute atomic E-state index is 12.9. The van der Waals surface area contributed by atoms with Crippen molar-refractivity contribution < 1.29 is 18.4 Å². The topological polar surface area (TPSA) is 97.1 Å². The highest BCUT2D eigenvalue weighted by Gasteiger charge is 2.19. The van der Waals surface area contributed by atoms with E-state index in [0.717, 1.165) is 5.56 Å². The molecule has 0 saturated heterocycles. The lowest BCUT2D eigenvalue weighted by atomic mass is 10.2. The van der Waals surface area contributed by atoms with Crippen LogP contribution >= 0.6 is 23.1 Å². The molecule has 0 aliphatic carbocycles. The lowest BCUT2D eigenvalue weighted by Gasteiger charge is -2.11. The summed E-state index contributed by atoms with van der Waals surface area (Å²) in [5, 5.41) is 13.4. The van der Waals surface area contributed by atoms with E-state index in [1.165, 1.54) is 47.6 Å². The summed E-state index contributed by atoms with van der Waals surface area (Å²) in [6.45, 7) is 1.56. The Morgan fingerprint density at radius 2 is 2.04 bits per heavy atom. The minimum atomic E-state index is -0.776. The maximum atomic E-state index is 12.9. The number of benzene rings is 1. The molecule has 0 saturated carbocycles. The Bertz CT molecular complexity index is 913. The SMILES string of the molecule is C[C@H](NC(=O)c1ccco1)C(=O)Nc1nnc(SCc2ccc(F)cc2)s1. The van der Waals surface area contributed by atoms with E-state index in [-0.39, 0.29) is 11.6 Å². The van der Waals surface area contributed by atoms with Crippen molar-refractivity contribution in [3.05, 3.63) is 59.8 Å². The van der Waals surface area contributed by atoms with Gasteiger partial charge in [0, 0.05) is 5.75 Å². The number of rotatable bonds is 7. The van der Waals surface area contributed by atoms with Crippen LogP contribution in [-0.2, 0) is 10.5 Å². The van der Waals surface area contributed by atoms with Crippen LogP contribution in [0.1, 0.15) is 23.0 Å². The predicted molar refractivity (Wildman–Crippen MR) is 100 cm³/mol. The molecular weight excluding hydrogens is 391 g/mol. The van der Waals surface area contributed by atoms with Gasteiger partial charge in [-0.15, -0.1) is 10.2 Å². The van der Waals surface area contributed by atoms with E-state index in [1.54, 1.807) is 25.1 Å². The number of hydrogen-bond acceptors (Lipinski definition) is 7. The first-order chi connectivity index (χ1) is 13.0. The number of aromatic nitrogens is 2. The zero-order valence-electron chi connectivity index (χ0n) is 14.1. The molecule has 0 bridgehead atoms. The molecule has 3 rings (SSSR count). The van der Waals surface area contributed by atoms with Crippen LogP contribution in [0.2, 0.25) is 0 Å². The second-order valence-electron chi connectivity index (χ2n) is 5.45. The van der Waals surface area contributed by atoms with Crippen LogP contribution < -0.4 is 10.6 Å². The molecular formula is C17H15FN4O3S2. The lowest BCUT2D eigenvalue weighted by Crippen LogP contribution is -2.41. The number of thioether (sulfide) groups is 1. The summed E-state index contributed by atoms with van der Waals surface area (Å²) < 4.78 is 18.5. The molecule has 2 aromatic heterocycles. The number of carbonyl (C=O) groups is 2. The molecule has 0 unspecified atom stereocenters. The Hall–Kier alpha value is -2.72. The first-order valence-corrected chi connectivity index (χ1v) is 9.67. The Labute approximate surface area is 162 Å². The number of halogens is 1. The number of hydrogen-bond donors (Lipinski definition) is 2. The smallest absolute Gasteiger partial charge is 0.287 e. The second-order valence-corrected chi connectivity index (χ2v) is 7.65. The average molecular weight is 406 g/mol. The van der Waals surface area contributed by atoms with Crippen molar-refractivity contribution in [2.45, 2.75) is 23.1 Å². The zero-order chi connectivity index (χ0) is 19.2. The van der Waals surface area contributed by atoms with Gasteiger partial charge in [-0.3, -0.25) is 14.9 Å². The van der Waals surface area contributed by atoms with Crippen LogP contribution in [-0.4, -0.2) is 28.1 Å². The summed E-state index contributed by atoms with van der Waals surface area (Å²) in [4.78, 5) is 24.1. The Kier molecular flexibility index (Phi) is 6.20. The maximum Gasteiger partial charge on any atom is 0.287 e. The Morgan fingerprint density at radius 3 is 2.74 bits per heavy atom. The molecule has 0 fully saturated rings. The van der Waals surface area contributed by atoms with Crippen LogP contribution in [0.15, 0.2) is 51.4 Å². The van der Waals surface area contributed by atoms with E-state index in [0.29, 0.717) is 15.2 Å². The molecule has 2 amide bonds. The fourth-order valence-corrected chi connectivity index (χ4v) is 3.71. The molecule has 10 heteroatoms. The van der Waals surface area contributed by atoms with Crippen molar-refractivity contribution in [1.29, 1.82) is 0 Å². The summed E-state index contributed by atoms with van der Waals surface area (Å²) in [6.07, 6.45) is 1.38.